The standard InChI is InChI=1S/C26H30Cl2N6O2/c1-15(21-5-4-19(27)9-22(21)28)31-25-23(10-29)30-11-24(32-25)34-13-18(14-34)16-3-2-6-33(12-16)20-7-17(8-20)26(35)36/h4-5,9,11,15-18,20H,2-3,6-8,12-14H2,1H3,(H,31,32)(H,35,36)/t15-,16+,17-,20+/m1/s1. The summed E-state index contributed by atoms with van der Waals surface area (Å²) < 4.78 is 0. The number of halogens is 2. The quantitative estimate of drug-likeness (QED) is 0.525. The van der Waals surface area contributed by atoms with Crippen LogP contribution in [0.4, 0.5) is 11.6 Å². The van der Waals surface area contributed by atoms with Crippen molar-refractivity contribution >= 4 is 40.8 Å². The highest BCUT2D eigenvalue weighted by Crippen LogP contribution is 2.38. The van der Waals surface area contributed by atoms with Gasteiger partial charge in [-0.05, 0) is 68.7 Å². The van der Waals surface area contributed by atoms with Crippen LogP contribution in [0.1, 0.15) is 49.9 Å². The maximum absolute atomic E-state index is 11.2. The molecule has 3 heterocycles. The third kappa shape index (κ3) is 5.10. The topological polar surface area (TPSA) is 105 Å². The summed E-state index contributed by atoms with van der Waals surface area (Å²) in [5.74, 6) is 1.60. The smallest absolute Gasteiger partial charge is 0.306 e. The van der Waals surface area contributed by atoms with E-state index in [1.165, 1.54) is 12.8 Å². The van der Waals surface area contributed by atoms with Crippen molar-refractivity contribution in [3.8, 4) is 6.07 Å². The largest absolute Gasteiger partial charge is 0.481 e. The van der Waals surface area contributed by atoms with Gasteiger partial charge in [0.2, 0.25) is 0 Å². The summed E-state index contributed by atoms with van der Waals surface area (Å²) in [7, 11) is 0. The lowest BCUT2D eigenvalue weighted by atomic mass is 9.76. The molecule has 1 aromatic heterocycles. The SMILES string of the molecule is C[C@@H](Nc1nc(N2CC([C@H]3CCCN([C@H]4C[C@@H](C(=O)O)C4)C3)C2)cnc1C#N)c1ccc(Cl)cc1Cl. The van der Waals surface area contributed by atoms with Crippen LogP contribution >= 0.6 is 23.2 Å². The normalized spacial score (nSPS) is 25.4. The van der Waals surface area contributed by atoms with Crippen LogP contribution in [0.2, 0.25) is 10.0 Å². The van der Waals surface area contributed by atoms with E-state index in [4.69, 9.17) is 28.2 Å². The number of hydrogen-bond donors (Lipinski definition) is 2. The minimum Gasteiger partial charge on any atom is -0.481 e. The van der Waals surface area contributed by atoms with Crippen molar-refractivity contribution in [3.05, 3.63) is 45.7 Å². The number of carbonyl (C=O) groups is 1. The Morgan fingerprint density at radius 1 is 1.25 bits per heavy atom. The van der Waals surface area contributed by atoms with Crippen LogP contribution < -0.4 is 10.2 Å². The maximum atomic E-state index is 11.2. The van der Waals surface area contributed by atoms with E-state index in [0.717, 1.165) is 50.4 Å². The monoisotopic (exact) mass is 528 g/mol. The highest BCUT2D eigenvalue weighted by molar-refractivity contribution is 6.35. The number of nitriles is 1. The molecule has 2 aromatic rings. The van der Waals surface area contributed by atoms with Gasteiger partial charge in [-0.15, -0.1) is 0 Å². The minimum absolute atomic E-state index is 0.161. The van der Waals surface area contributed by atoms with Gasteiger partial charge in [0.1, 0.15) is 11.9 Å². The van der Waals surface area contributed by atoms with Gasteiger partial charge in [0.25, 0.3) is 0 Å². The molecule has 2 atom stereocenters. The number of piperidine rings is 1. The first kappa shape index (κ1) is 25.1. The van der Waals surface area contributed by atoms with Gasteiger partial charge >= 0.3 is 5.97 Å². The van der Waals surface area contributed by atoms with E-state index in [9.17, 15) is 15.2 Å². The first-order chi connectivity index (χ1) is 17.3. The summed E-state index contributed by atoms with van der Waals surface area (Å²) in [5, 5.41) is 23.2. The lowest BCUT2D eigenvalue weighted by Gasteiger charge is -2.50. The van der Waals surface area contributed by atoms with Crippen molar-refractivity contribution in [2.45, 2.75) is 44.7 Å². The second-order valence-corrected chi connectivity index (χ2v) is 11.1. The Balaban J connectivity index is 1.20. The van der Waals surface area contributed by atoms with Crippen LogP contribution in [0.15, 0.2) is 24.4 Å². The van der Waals surface area contributed by atoms with E-state index >= 15 is 0 Å². The zero-order valence-electron chi connectivity index (χ0n) is 20.2. The molecule has 2 aliphatic heterocycles. The fraction of sp³-hybridized carbons (Fsp3) is 0.538. The first-order valence-corrected chi connectivity index (χ1v) is 13.3. The molecule has 0 unspecified atom stereocenters. The molecule has 0 amide bonds. The fourth-order valence-electron chi connectivity index (χ4n) is 5.69. The molecule has 5 rings (SSSR count). The van der Waals surface area contributed by atoms with E-state index in [-0.39, 0.29) is 17.7 Å². The van der Waals surface area contributed by atoms with Crippen molar-refractivity contribution in [3.63, 3.8) is 0 Å². The molecule has 3 fully saturated rings. The number of anilines is 2. The first-order valence-electron chi connectivity index (χ1n) is 12.5. The van der Waals surface area contributed by atoms with Gasteiger partial charge in [0.15, 0.2) is 11.5 Å². The number of aliphatic carboxylic acids is 1. The van der Waals surface area contributed by atoms with Crippen LogP contribution in [0, 0.1) is 29.1 Å². The van der Waals surface area contributed by atoms with Gasteiger partial charge in [-0.2, -0.15) is 5.26 Å². The van der Waals surface area contributed by atoms with Crippen LogP contribution in [0.3, 0.4) is 0 Å². The molecule has 0 radical (unpaired) electrons. The number of carboxylic acid groups (broad SMARTS) is 1. The summed E-state index contributed by atoms with van der Waals surface area (Å²) in [6.45, 7) is 5.93. The summed E-state index contributed by atoms with van der Waals surface area (Å²) in [5.41, 5.74) is 1.11. The Hall–Kier alpha value is -2.60. The lowest BCUT2D eigenvalue weighted by Crippen LogP contribution is -2.56. The van der Waals surface area contributed by atoms with Crippen molar-refractivity contribution in [1.29, 1.82) is 5.26 Å². The van der Waals surface area contributed by atoms with Gasteiger partial charge < -0.3 is 20.2 Å². The predicted molar refractivity (Wildman–Crippen MR) is 139 cm³/mol. The average molecular weight is 529 g/mol. The van der Waals surface area contributed by atoms with Crippen LogP contribution in [0.5, 0.6) is 0 Å². The number of rotatable bonds is 7. The zero-order chi connectivity index (χ0) is 25.4. The minimum atomic E-state index is -0.655. The molecular weight excluding hydrogens is 499 g/mol. The van der Waals surface area contributed by atoms with Gasteiger partial charge in [-0.25, -0.2) is 9.97 Å². The molecule has 1 saturated carbocycles. The van der Waals surface area contributed by atoms with Crippen molar-refractivity contribution in [2.75, 3.05) is 36.4 Å². The Labute approximate surface area is 221 Å². The molecule has 2 N–H and O–H groups in total. The van der Waals surface area contributed by atoms with Crippen molar-refractivity contribution in [1.82, 2.24) is 14.9 Å². The number of likely N-dealkylation sites (tertiary alicyclic amines) is 1. The van der Waals surface area contributed by atoms with E-state index in [1.807, 2.05) is 13.0 Å². The van der Waals surface area contributed by atoms with E-state index in [0.29, 0.717) is 33.7 Å². The Bertz CT molecular complexity index is 1180. The summed E-state index contributed by atoms with van der Waals surface area (Å²) in [6, 6.07) is 7.72. The lowest BCUT2D eigenvalue weighted by molar-refractivity contribution is -0.147. The number of aromatic nitrogens is 2. The molecular formula is C26H30Cl2N6O2. The number of hydrogen-bond acceptors (Lipinski definition) is 7. The molecule has 36 heavy (non-hydrogen) atoms. The van der Waals surface area contributed by atoms with E-state index in [2.05, 4.69) is 26.2 Å². The van der Waals surface area contributed by atoms with Gasteiger partial charge in [-0.3, -0.25) is 4.79 Å². The van der Waals surface area contributed by atoms with E-state index < -0.39 is 5.97 Å². The molecule has 2 saturated heterocycles. The molecule has 10 heteroatoms. The predicted octanol–water partition coefficient (Wildman–Crippen LogP) is 4.84. The molecule has 190 valence electrons. The summed E-state index contributed by atoms with van der Waals surface area (Å²) >= 11 is 12.4. The Morgan fingerprint density at radius 2 is 2.03 bits per heavy atom. The maximum Gasteiger partial charge on any atom is 0.306 e. The number of benzene rings is 1. The number of nitrogens with one attached hydrogen (secondary N) is 1. The number of nitrogens with zero attached hydrogens (tertiary/aromatic N) is 5. The second kappa shape index (κ2) is 10.4. The van der Waals surface area contributed by atoms with Crippen LogP contribution in [-0.4, -0.2) is 58.2 Å². The van der Waals surface area contributed by atoms with Crippen molar-refractivity contribution in [2.24, 2.45) is 17.8 Å². The van der Waals surface area contributed by atoms with Crippen molar-refractivity contribution < 1.29 is 9.90 Å². The van der Waals surface area contributed by atoms with Crippen LogP contribution in [-0.2, 0) is 4.79 Å². The molecule has 1 aromatic carbocycles. The average Bonchev–Trinajstić information content (AvgIpc) is 2.77. The molecule has 1 aliphatic carbocycles. The highest BCUT2D eigenvalue weighted by Gasteiger charge is 2.42. The number of carboxylic acids is 1. The Morgan fingerprint density at radius 3 is 2.72 bits per heavy atom. The zero-order valence-corrected chi connectivity index (χ0v) is 21.7. The molecule has 0 spiro atoms. The molecule has 3 aliphatic rings. The van der Waals surface area contributed by atoms with Gasteiger partial charge in [0, 0.05) is 35.7 Å². The third-order valence-corrected chi connectivity index (χ3v) is 8.58. The fourth-order valence-corrected chi connectivity index (χ4v) is 6.26. The molecule has 0 bridgehead atoms. The summed E-state index contributed by atoms with van der Waals surface area (Å²) in [4.78, 5) is 25.0. The highest BCUT2D eigenvalue weighted by atomic mass is 35.5. The molecule has 8 nitrogen and oxygen atoms in total. The third-order valence-electron chi connectivity index (χ3n) is 8.02. The van der Waals surface area contributed by atoms with Gasteiger partial charge in [0.05, 0.1) is 18.2 Å². The second-order valence-electron chi connectivity index (χ2n) is 10.3. The van der Waals surface area contributed by atoms with Crippen LogP contribution in [0.25, 0.3) is 0 Å². The van der Waals surface area contributed by atoms with Gasteiger partial charge in [-0.1, -0.05) is 29.3 Å². The summed E-state index contributed by atoms with van der Waals surface area (Å²) in [6.07, 6.45) is 5.64. The Kier molecular flexibility index (Phi) is 7.25. The van der Waals surface area contributed by atoms with E-state index in [1.54, 1.807) is 18.3 Å².